The number of ketones is 1. The summed E-state index contributed by atoms with van der Waals surface area (Å²) in [7, 11) is 0. The van der Waals surface area contributed by atoms with Crippen LogP contribution in [-0.2, 0) is 9.59 Å². The number of aliphatic hydroxyl groups is 1. The highest BCUT2D eigenvalue weighted by atomic mass is 32.1. The number of hydrogen-bond donors (Lipinski definition) is 1. The van der Waals surface area contributed by atoms with Crippen molar-refractivity contribution in [2.75, 3.05) is 11.5 Å². The molecule has 4 aromatic rings. The summed E-state index contributed by atoms with van der Waals surface area (Å²) in [5.41, 5.74) is 0.685. The molecule has 1 aliphatic rings. The quantitative estimate of drug-likeness (QED) is 0.252. The molecule has 2 aromatic carbocycles. The summed E-state index contributed by atoms with van der Waals surface area (Å²) in [6.07, 6.45) is 1.42. The van der Waals surface area contributed by atoms with Crippen molar-refractivity contribution < 1.29 is 28.2 Å². The van der Waals surface area contributed by atoms with Gasteiger partial charge >= 0.3 is 5.91 Å². The molecule has 0 spiro atoms. The van der Waals surface area contributed by atoms with Gasteiger partial charge in [-0.3, -0.25) is 14.5 Å². The van der Waals surface area contributed by atoms with Gasteiger partial charge in [0.15, 0.2) is 5.13 Å². The third-order valence-electron chi connectivity index (χ3n) is 5.24. The Morgan fingerprint density at radius 1 is 1.21 bits per heavy atom. The molecular weight excluding hydrogens is 447 g/mol. The molecule has 1 atom stereocenters. The van der Waals surface area contributed by atoms with E-state index in [0.717, 1.165) is 16.8 Å². The van der Waals surface area contributed by atoms with E-state index in [-0.39, 0.29) is 22.0 Å². The minimum atomic E-state index is -1.03. The summed E-state index contributed by atoms with van der Waals surface area (Å²) in [4.78, 5) is 32.0. The molecule has 3 heterocycles. The molecule has 2 aromatic heterocycles. The Balaban J connectivity index is 1.66. The van der Waals surface area contributed by atoms with Gasteiger partial charge < -0.3 is 14.3 Å². The summed E-state index contributed by atoms with van der Waals surface area (Å²) in [5, 5.41) is 11.2. The topological polar surface area (TPSA) is 92.9 Å². The molecule has 166 valence electrons. The summed E-state index contributed by atoms with van der Waals surface area (Å²) >= 11 is 1.22. The fourth-order valence-corrected chi connectivity index (χ4v) is 4.78. The third kappa shape index (κ3) is 3.56. The average Bonchev–Trinajstić information content (AvgIpc) is 3.53. The van der Waals surface area contributed by atoms with Crippen LogP contribution in [0.25, 0.3) is 16.0 Å². The van der Waals surface area contributed by atoms with Gasteiger partial charge in [-0.1, -0.05) is 11.3 Å². The van der Waals surface area contributed by atoms with E-state index in [0.29, 0.717) is 17.9 Å². The molecule has 9 heteroatoms. The number of ether oxygens (including phenoxy) is 1. The maximum absolute atomic E-state index is 13.4. The van der Waals surface area contributed by atoms with Crippen LogP contribution in [-0.4, -0.2) is 28.4 Å². The number of carbonyl (C=O) groups is 2. The van der Waals surface area contributed by atoms with Crippen LogP contribution in [0.1, 0.15) is 24.3 Å². The smallest absolute Gasteiger partial charge is 0.302 e. The second kappa shape index (κ2) is 8.18. The van der Waals surface area contributed by atoms with E-state index in [9.17, 15) is 19.1 Å². The van der Waals surface area contributed by atoms with Crippen LogP contribution >= 0.6 is 11.3 Å². The lowest BCUT2D eigenvalue weighted by molar-refractivity contribution is -0.132. The Kier molecular flexibility index (Phi) is 5.18. The van der Waals surface area contributed by atoms with Crippen molar-refractivity contribution in [3.63, 3.8) is 0 Å². The van der Waals surface area contributed by atoms with Gasteiger partial charge in [-0.15, -0.1) is 0 Å². The summed E-state index contributed by atoms with van der Waals surface area (Å²) in [5.74, 6) is -1.68. The molecule has 33 heavy (non-hydrogen) atoms. The first-order chi connectivity index (χ1) is 16.0. The van der Waals surface area contributed by atoms with Crippen molar-refractivity contribution in [2.45, 2.75) is 13.0 Å². The predicted octanol–water partition coefficient (Wildman–Crippen LogP) is 5.05. The first kappa shape index (κ1) is 20.9. The van der Waals surface area contributed by atoms with Crippen LogP contribution in [0.5, 0.6) is 5.75 Å². The predicted molar refractivity (Wildman–Crippen MR) is 121 cm³/mol. The maximum Gasteiger partial charge on any atom is 0.302 e. The van der Waals surface area contributed by atoms with Crippen molar-refractivity contribution in [1.82, 2.24) is 4.98 Å². The van der Waals surface area contributed by atoms with Crippen molar-refractivity contribution in [3.8, 4) is 5.75 Å². The zero-order valence-electron chi connectivity index (χ0n) is 17.3. The van der Waals surface area contributed by atoms with Crippen LogP contribution in [0.4, 0.5) is 9.52 Å². The Hall–Kier alpha value is -3.98. The van der Waals surface area contributed by atoms with E-state index in [4.69, 9.17) is 9.15 Å². The standard InChI is InChI=1S/C24H17FN2O5S/c1-2-31-15-9-10-16-18(12-15)33-24(26-16)27-20(17-4-3-11-32-17)19(22(29)23(27)30)21(28)13-5-7-14(25)8-6-13/h3-12,20,28H,2H2,1H3. The number of fused-ring (bicyclic) bond motifs is 1. The fourth-order valence-electron chi connectivity index (χ4n) is 3.76. The van der Waals surface area contributed by atoms with Gasteiger partial charge in [-0.05, 0) is 61.5 Å². The van der Waals surface area contributed by atoms with Gasteiger partial charge in [0.05, 0.1) is 28.7 Å². The summed E-state index contributed by atoms with van der Waals surface area (Å²) < 4.78 is 25.2. The number of hydrogen-bond acceptors (Lipinski definition) is 7. The number of rotatable bonds is 5. The molecule has 1 saturated heterocycles. The van der Waals surface area contributed by atoms with Gasteiger partial charge in [-0.25, -0.2) is 9.37 Å². The molecule has 1 amide bonds. The van der Waals surface area contributed by atoms with E-state index in [2.05, 4.69) is 4.98 Å². The molecule has 1 fully saturated rings. The third-order valence-corrected chi connectivity index (χ3v) is 6.26. The van der Waals surface area contributed by atoms with Crippen molar-refractivity contribution >= 4 is 44.1 Å². The average molecular weight is 464 g/mol. The minimum Gasteiger partial charge on any atom is -0.507 e. The highest BCUT2D eigenvalue weighted by Crippen LogP contribution is 2.44. The first-order valence-electron chi connectivity index (χ1n) is 10.1. The molecular formula is C24H17FN2O5S. The van der Waals surface area contributed by atoms with E-state index in [1.54, 1.807) is 24.3 Å². The number of aromatic nitrogens is 1. The lowest BCUT2D eigenvalue weighted by atomic mass is 9.99. The number of Topliss-reactive ketones (excluding diaryl/α,β-unsaturated/α-hetero) is 1. The zero-order valence-corrected chi connectivity index (χ0v) is 18.1. The van der Waals surface area contributed by atoms with Gasteiger partial charge in [0.1, 0.15) is 29.1 Å². The van der Waals surface area contributed by atoms with Gasteiger partial charge in [0.2, 0.25) is 0 Å². The number of thiazole rings is 1. The van der Waals surface area contributed by atoms with Gasteiger partial charge in [0.25, 0.3) is 5.78 Å². The van der Waals surface area contributed by atoms with Crippen LogP contribution < -0.4 is 9.64 Å². The Morgan fingerprint density at radius 3 is 2.70 bits per heavy atom. The molecule has 0 bridgehead atoms. The molecule has 1 N–H and O–H groups in total. The molecule has 0 saturated carbocycles. The van der Waals surface area contributed by atoms with Crippen molar-refractivity contribution in [3.05, 3.63) is 83.6 Å². The molecule has 0 radical (unpaired) electrons. The Morgan fingerprint density at radius 2 is 2.00 bits per heavy atom. The van der Waals surface area contributed by atoms with E-state index >= 15 is 0 Å². The second-order valence-corrected chi connectivity index (χ2v) is 8.26. The molecule has 1 unspecified atom stereocenters. The summed E-state index contributed by atoms with van der Waals surface area (Å²) in [6, 6.07) is 12.6. The van der Waals surface area contributed by atoms with Crippen LogP contribution in [0.3, 0.4) is 0 Å². The SMILES string of the molecule is CCOc1ccc2nc(N3C(=O)C(=O)C(=C(O)c4ccc(F)cc4)C3c3ccco3)sc2c1. The molecule has 5 rings (SSSR count). The second-order valence-electron chi connectivity index (χ2n) is 7.25. The van der Waals surface area contributed by atoms with E-state index in [1.165, 1.54) is 34.6 Å². The van der Waals surface area contributed by atoms with Crippen LogP contribution in [0.15, 0.2) is 70.9 Å². The van der Waals surface area contributed by atoms with Crippen LogP contribution in [0, 0.1) is 5.82 Å². The van der Waals surface area contributed by atoms with Crippen LogP contribution in [0.2, 0.25) is 0 Å². The number of nitrogens with zero attached hydrogens (tertiary/aromatic N) is 2. The highest BCUT2D eigenvalue weighted by Gasteiger charge is 2.49. The number of anilines is 1. The number of benzene rings is 2. The summed E-state index contributed by atoms with van der Waals surface area (Å²) in [6.45, 7) is 2.39. The molecule has 0 aliphatic carbocycles. The number of halogens is 1. The Bertz CT molecular complexity index is 1390. The van der Waals surface area contributed by atoms with Crippen molar-refractivity contribution in [1.29, 1.82) is 0 Å². The van der Waals surface area contributed by atoms with Gasteiger partial charge in [0, 0.05) is 5.56 Å². The fraction of sp³-hybridized carbons (Fsp3) is 0.125. The largest absolute Gasteiger partial charge is 0.507 e. The first-order valence-corrected chi connectivity index (χ1v) is 10.9. The number of carbonyl (C=O) groups excluding carboxylic acids is 2. The Labute approximate surface area is 191 Å². The number of furan rings is 1. The van der Waals surface area contributed by atoms with Gasteiger partial charge in [-0.2, -0.15) is 0 Å². The minimum absolute atomic E-state index is 0.157. The number of aliphatic hydroxyl groups excluding tert-OH is 1. The highest BCUT2D eigenvalue weighted by molar-refractivity contribution is 7.22. The molecule has 1 aliphatic heterocycles. The van der Waals surface area contributed by atoms with Crippen molar-refractivity contribution in [2.24, 2.45) is 0 Å². The van der Waals surface area contributed by atoms with E-state index in [1.807, 2.05) is 13.0 Å². The van der Waals surface area contributed by atoms with E-state index < -0.39 is 29.3 Å². The lowest BCUT2D eigenvalue weighted by Crippen LogP contribution is -2.29. The normalized spacial score (nSPS) is 17.8. The molecule has 7 nitrogen and oxygen atoms in total. The zero-order chi connectivity index (χ0) is 23.1. The lowest BCUT2D eigenvalue weighted by Gasteiger charge is -2.20. The monoisotopic (exact) mass is 464 g/mol. The maximum atomic E-state index is 13.4. The number of amides is 1.